The van der Waals surface area contributed by atoms with Gasteiger partial charge in [0.15, 0.2) is 18.1 Å². The van der Waals surface area contributed by atoms with E-state index in [0.717, 1.165) is 29.4 Å². The van der Waals surface area contributed by atoms with Gasteiger partial charge in [-0.25, -0.2) is 0 Å². The Morgan fingerprint density at radius 1 is 1.07 bits per heavy atom. The summed E-state index contributed by atoms with van der Waals surface area (Å²) in [6, 6.07) is 12.5. The molecular formula is C21H24N2O5S. The van der Waals surface area contributed by atoms with Crippen molar-refractivity contribution < 1.29 is 23.7 Å². The Morgan fingerprint density at radius 2 is 1.79 bits per heavy atom. The summed E-state index contributed by atoms with van der Waals surface area (Å²) in [4.78, 5) is 15.0. The van der Waals surface area contributed by atoms with Crippen LogP contribution in [0, 0.1) is 0 Å². The molecule has 3 rings (SSSR count). The van der Waals surface area contributed by atoms with E-state index >= 15 is 0 Å². The third-order valence-corrected chi connectivity index (χ3v) is 4.94. The van der Waals surface area contributed by atoms with Gasteiger partial charge in [0.2, 0.25) is 0 Å². The van der Waals surface area contributed by atoms with E-state index in [0.29, 0.717) is 30.4 Å². The van der Waals surface area contributed by atoms with Gasteiger partial charge in [-0.1, -0.05) is 12.2 Å². The van der Waals surface area contributed by atoms with E-state index in [1.54, 1.807) is 44.6 Å². The number of benzene rings is 2. The molecule has 0 bridgehead atoms. The van der Waals surface area contributed by atoms with Gasteiger partial charge >= 0.3 is 0 Å². The molecule has 0 aliphatic carbocycles. The van der Waals surface area contributed by atoms with Crippen LogP contribution in [0.15, 0.2) is 42.5 Å². The minimum absolute atomic E-state index is 0.143. The van der Waals surface area contributed by atoms with E-state index < -0.39 is 0 Å². The quantitative estimate of drug-likeness (QED) is 0.696. The van der Waals surface area contributed by atoms with Crippen LogP contribution in [0.1, 0.15) is 5.56 Å². The van der Waals surface area contributed by atoms with Crippen LogP contribution in [0.5, 0.6) is 17.2 Å². The van der Waals surface area contributed by atoms with Gasteiger partial charge < -0.3 is 29.2 Å². The van der Waals surface area contributed by atoms with Crippen LogP contribution in [-0.4, -0.2) is 62.9 Å². The molecule has 29 heavy (non-hydrogen) atoms. The molecule has 1 fully saturated rings. The zero-order valence-corrected chi connectivity index (χ0v) is 17.3. The summed E-state index contributed by atoms with van der Waals surface area (Å²) in [6.45, 7) is 2.73. The fourth-order valence-corrected chi connectivity index (χ4v) is 3.19. The maximum Gasteiger partial charge on any atom is 0.262 e. The van der Waals surface area contributed by atoms with Gasteiger partial charge in [-0.3, -0.25) is 4.79 Å². The number of thiocarbonyl (C=S) groups is 1. The molecule has 1 N–H and O–H groups in total. The molecule has 2 aromatic rings. The van der Waals surface area contributed by atoms with Crippen LogP contribution >= 0.6 is 12.2 Å². The number of morpholine rings is 1. The highest BCUT2D eigenvalue weighted by molar-refractivity contribution is 7.80. The number of nitrogens with one attached hydrogen (secondary N) is 1. The first kappa shape index (κ1) is 20.9. The first-order valence-electron chi connectivity index (χ1n) is 9.22. The summed E-state index contributed by atoms with van der Waals surface area (Å²) in [5.41, 5.74) is 1.53. The topological polar surface area (TPSA) is 69.3 Å². The van der Waals surface area contributed by atoms with Gasteiger partial charge in [0.25, 0.3) is 5.91 Å². The van der Waals surface area contributed by atoms with E-state index in [9.17, 15) is 4.79 Å². The maximum atomic E-state index is 12.2. The van der Waals surface area contributed by atoms with Crippen molar-refractivity contribution in [3.63, 3.8) is 0 Å². The standard InChI is InChI=1S/C21H24N2O5S/c1-25-17-6-4-16(5-7-17)22-20(24)14-28-18-8-3-15(13-19(18)26-2)21(29)23-9-11-27-12-10-23/h3-8,13H,9-12,14H2,1-2H3,(H,22,24). The van der Waals surface area contributed by atoms with Crippen molar-refractivity contribution in [3.05, 3.63) is 48.0 Å². The molecule has 2 aromatic carbocycles. The van der Waals surface area contributed by atoms with Crippen LogP contribution in [-0.2, 0) is 9.53 Å². The van der Waals surface area contributed by atoms with E-state index in [-0.39, 0.29) is 12.5 Å². The number of ether oxygens (including phenoxy) is 4. The molecule has 154 valence electrons. The van der Waals surface area contributed by atoms with Crippen molar-refractivity contribution in [3.8, 4) is 17.2 Å². The summed E-state index contributed by atoms with van der Waals surface area (Å²) < 4.78 is 21.5. The molecule has 0 saturated carbocycles. The number of nitrogens with zero attached hydrogens (tertiary/aromatic N) is 1. The van der Waals surface area contributed by atoms with E-state index in [2.05, 4.69) is 10.2 Å². The van der Waals surface area contributed by atoms with Gasteiger partial charge in [-0.15, -0.1) is 0 Å². The van der Waals surface area contributed by atoms with Crippen molar-refractivity contribution in [1.82, 2.24) is 4.90 Å². The third kappa shape index (κ3) is 5.58. The second kappa shape index (κ2) is 10.1. The van der Waals surface area contributed by atoms with Crippen molar-refractivity contribution in [2.24, 2.45) is 0 Å². The SMILES string of the molecule is COc1ccc(NC(=O)COc2ccc(C(=S)N3CCOCC3)cc2OC)cc1. The van der Waals surface area contributed by atoms with Crippen LogP contribution in [0.3, 0.4) is 0 Å². The van der Waals surface area contributed by atoms with Gasteiger partial charge in [-0.05, 0) is 42.5 Å². The van der Waals surface area contributed by atoms with Crippen LogP contribution in [0.2, 0.25) is 0 Å². The molecule has 1 amide bonds. The van der Waals surface area contributed by atoms with Crippen LogP contribution in [0.4, 0.5) is 5.69 Å². The van der Waals surface area contributed by atoms with Crippen molar-refractivity contribution in [2.75, 3.05) is 52.4 Å². The minimum Gasteiger partial charge on any atom is -0.497 e. The molecule has 1 saturated heterocycles. The number of hydrogen-bond acceptors (Lipinski definition) is 6. The zero-order valence-electron chi connectivity index (χ0n) is 16.5. The molecule has 0 atom stereocenters. The Kier molecular flexibility index (Phi) is 7.26. The average molecular weight is 416 g/mol. The first-order chi connectivity index (χ1) is 14.1. The molecule has 0 spiro atoms. The van der Waals surface area contributed by atoms with Crippen LogP contribution < -0.4 is 19.5 Å². The van der Waals surface area contributed by atoms with E-state index in [4.69, 9.17) is 31.2 Å². The molecule has 8 heteroatoms. The van der Waals surface area contributed by atoms with Crippen molar-refractivity contribution >= 4 is 28.8 Å². The predicted molar refractivity (Wildman–Crippen MR) is 114 cm³/mol. The summed E-state index contributed by atoms with van der Waals surface area (Å²) in [5, 5.41) is 2.77. The highest BCUT2D eigenvalue weighted by atomic mass is 32.1. The third-order valence-electron chi connectivity index (χ3n) is 4.44. The molecule has 1 aliphatic rings. The zero-order chi connectivity index (χ0) is 20.6. The lowest BCUT2D eigenvalue weighted by molar-refractivity contribution is -0.118. The normalized spacial score (nSPS) is 13.5. The van der Waals surface area contributed by atoms with Crippen LogP contribution in [0.25, 0.3) is 0 Å². The highest BCUT2D eigenvalue weighted by Crippen LogP contribution is 2.29. The Balaban J connectivity index is 1.59. The number of anilines is 1. The lowest BCUT2D eigenvalue weighted by Crippen LogP contribution is -2.40. The molecule has 1 aliphatic heterocycles. The number of hydrogen-bond donors (Lipinski definition) is 1. The summed E-state index contributed by atoms with van der Waals surface area (Å²) in [6.07, 6.45) is 0. The van der Waals surface area contributed by atoms with E-state index in [1.807, 2.05) is 12.1 Å². The number of carbonyl (C=O) groups excluding carboxylic acids is 1. The Labute approximate surface area is 175 Å². The van der Waals surface area contributed by atoms with Gasteiger partial charge in [0.1, 0.15) is 10.7 Å². The lowest BCUT2D eigenvalue weighted by Gasteiger charge is -2.29. The minimum atomic E-state index is -0.273. The summed E-state index contributed by atoms with van der Waals surface area (Å²) in [5.74, 6) is 1.45. The number of carbonyl (C=O) groups is 1. The fraction of sp³-hybridized carbons (Fsp3) is 0.333. The molecule has 0 aromatic heterocycles. The summed E-state index contributed by atoms with van der Waals surface area (Å²) >= 11 is 5.59. The highest BCUT2D eigenvalue weighted by Gasteiger charge is 2.17. The fourth-order valence-electron chi connectivity index (χ4n) is 2.88. The predicted octanol–water partition coefficient (Wildman–Crippen LogP) is 2.73. The number of rotatable bonds is 7. The van der Waals surface area contributed by atoms with Gasteiger partial charge in [-0.2, -0.15) is 0 Å². The number of methoxy groups -OCH3 is 2. The smallest absolute Gasteiger partial charge is 0.262 e. The maximum absolute atomic E-state index is 12.2. The number of amides is 1. The lowest BCUT2D eigenvalue weighted by atomic mass is 10.1. The van der Waals surface area contributed by atoms with E-state index in [1.165, 1.54) is 0 Å². The molecule has 1 heterocycles. The largest absolute Gasteiger partial charge is 0.497 e. The molecule has 7 nitrogen and oxygen atoms in total. The molecule has 0 radical (unpaired) electrons. The van der Waals surface area contributed by atoms with Crippen molar-refractivity contribution in [1.29, 1.82) is 0 Å². The summed E-state index contributed by atoms with van der Waals surface area (Å²) in [7, 11) is 3.15. The Bertz CT molecular complexity index is 851. The molecular weight excluding hydrogens is 392 g/mol. The second-order valence-corrected chi connectivity index (χ2v) is 6.72. The average Bonchev–Trinajstić information content (AvgIpc) is 2.78. The monoisotopic (exact) mass is 416 g/mol. The van der Waals surface area contributed by atoms with Gasteiger partial charge in [0.05, 0.1) is 27.4 Å². The Morgan fingerprint density at radius 3 is 2.45 bits per heavy atom. The van der Waals surface area contributed by atoms with Gasteiger partial charge in [0, 0.05) is 24.3 Å². The first-order valence-corrected chi connectivity index (χ1v) is 9.63. The molecule has 0 unspecified atom stereocenters. The second-order valence-electron chi connectivity index (χ2n) is 6.34. The van der Waals surface area contributed by atoms with Crippen molar-refractivity contribution in [2.45, 2.75) is 0 Å². The Hall–Kier alpha value is -2.84.